The maximum absolute atomic E-state index is 13.4. The molecule has 1 saturated carbocycles. The zero-order valence-corrected chi connectivity index (χ0v) is 10.7. The van der Waals surface area contributed by atoms with Gasteiger partial charge in [0.1, 0.15) is 0 Å². The lowest BCUT2D eigenvalue weighted by molar-refractivity contribution is 0.467. The van der Waals surface area contributed by atoms with Crippen LogP contribution in [0.4, 0.5) is 4.39 Å². The van der Waals surface area contributed by atoms with Gasteiger partial charge in [-0.25, -0.2) is 22.5 Å². The number of nitrogens with zero attached hydrogens (tertiary/aromatic N) is 1. The molecule has 1 heterocycles. The molecule has 0 radical (unpaired) electrons. The smallest absolute Gasteiger partial charge is 0.261 e. The summed E-state index contributed by atoms with van der Waals surface area (Å²) >= 11 is 0. The minimum absolute atomic E-state index is 0.0151. The summed E-state index contributed by atoms with van der Waals surface area (Å²) in [6.07, 6.45) is 4.06. The Balaban J connectivity index is 2.06. The molecule has 0 saturated heterocycles. The first kappa shape index (κ1) is 13.4. The summed E-state index contributed by atoms with van der Waals surface area (Å²) < 4.78 is 39.5. The lowest BCUT2D eigenvalue weighted by atomic mass is 10.1. The number of pyridine rings is 1. The molecule has 0 spiro atoms. The summed E-state index contributed by atoms with van der Waals surface area (Å²) in [4.78, 5) is 3.56. The Labute approximate surface area is 106 Å². The standard InChI is InChI=1S/C11H16FN3O2S/c12-9-4-2-6-14-11(9)18(16,17)15-7-8-3-1-5-10(8)13/h2,4,6,8,10,15H,1,3,5,7,13H2. The summed E-state index contributed by atoms with van der Waals surface area (Å²) in [5.74, 6) is -0.729. The van der Waals surface area contributed by atoms with Gasteiger partial charge < -0.3 is 5.73 Å². The molecule has 2 rings (SSSR count). The van der Waals surface area contributed by atoms with Crippen molar-refractivity contribution < 1.29 is 12.8 Å². The number of hydrogen-bond donors (Lipinski definition) is 2. The molecule has 0 amide bonds. The third-order valence-electron chi connectivity index (χ3n) is 3.23. The predicted octanol–water partition coefficient (Wildman–Crippen LogP) is 0.626. The van der Waals surface area contributed by atoms with Crippen LogP contribution in [0.15, 0.2) is 23.4 Å². The monoisotopic (exact) mass is 273 g/mol. The zero-order chi connectivity index (χ0) is 13.2. The van der Waals surface area contributed by atoms with Gasteiger partial charge in [-0.1, -0.05) is 6.42 Å². The molecule has 2 unspecified atom stereocenters. The first-order valence-corrected chi connectivity index (χ1v) is 7.35. The fourth-order valence-electron chi connectivity index (χ4n) is 2.17. The Kier molecular flexibility index (Phi) is 3.94. The maximum atomic E-state index is 13.4. The molecule has 100 valence electrons. The fourth-order valence-corrected chi connectivity index (χ4v) is 3.27. The summed E-state index contributed by atoms with van der Waals surface area (Å²) in [6.45, 7) is 0.236. The van der Waals surface area contributed by atoms with E-state index in [2.05, 4.69) is 9.71 Å². The van der Waals surface area contributed by atoms with Crippen molar-refractivity contribution in [3.63, 3.8) is 0 Å². The van der Waals surface area contributed by atoms with Crippen LogP contribution >= 0.6 is 0 Å². The molecule has 0 bridgehead atoms. The minimum atomic E-state index is -3.89. The second-order valence-corrected chi connectivity index (χ2v) is 6.18. The topological polar surface area (TPSA) is 85.1 Å². The number of hydrogen-bond acceptors (Lipinski definition) is 4. The second kappa shape index (κ2) is 5.29. The van der Waals surface area contributed by atoms with Gasteiger partial charge >= 0.3 is 0 Å². The number of nitrogens with one attached hydrogen (secondary N) is 1. The molecule has 1 aliphatic carbocycles. The largest absolute Gasteiger partial charge is 0.327 e. The van der Waals surface area contributed by atoms with Crippen LogP contribution in [0.3, 0.4) is 0 Å². The third-order valence-corrected chi connectivity index (χ3v) is 4.59. The van der Waals surface area contributed by atoms with Crippen molar-refractivity contribution in [2.45, 2.75) is 30.3 Å². The molecule has 5 nitrogen and oxygen atoms in total. The Morgan fingerprint density at radius 2 is 2.28 bits per heavy atom. The van der Waals surface area contributed by atoms with Gasteiger partial charge in [-0.2, -0.15) is 0 Å². The van der Waals surface area contributed by atoms with Gasteiger partial charge in [0, 0.05) is 18.8 Å². The first-order valence-electron chi connectivity index (χ1n) is 5.86. The van der Waals surface area contributed by atoms with Crippen molar-refractivity contribution in [1.82, 2.24) is 9.71 Å². The third kappa shape index (κ3) is 2.85. The molecule has 1 fully saturated rings. The predicted molar refractivity (Wildman–Crippen MR) is 64.7 cm³/mol. The molecule has 0 aromatic carbocycles. The van der Waals surface area contributed by atoms with E-state index in [1.54, 1.807) is 0 Å². The molecule has 1 aromatic rings. The summed E-state index contributed by atoms with van der Waals surface area (Å²) in [6, 6.07) is 2.44. The Hall–Kier alpha value is -1.05. The molecule has 3 N–H and O–H groups in total. The number of halogens is 1. The Morgan fingerprint density at radius 1 is 1.50 bits per heavy atom. The molecule has 18 heavy (non-hydrogen) atoms. The van der Waals surface area contributed by atoms with Crippen LogP contribution in [0.1, 0.15) is 19.3 Å². The molecular formula is C11H16FN3O2S. The molecule has 0 aliphatic heterocycles. The average molecular weight is 273 g/mol. The van der Waals surface area contributed by atoms with Crippen molar-refractivity contribution in [2.24, 2.45) is 11.7 Å². The molecule has 7 heteroatoms. The first-order chi connectivity index (χ1) is 8.50. The number of sulfonamides is 1. The van der Waals surface area contributed by atoms with E-state index in [9.17, 15) is 12.8 Å². The van der Waals surface area contributed by atoms with Gasteiger partial charge in [-0.15, -0.1) is 0 Å². The van der Waals surface area contributed by atoms with Crippen LogP contribution in [-0.4, -0.2) is 26.0 Å². The van der Waals surface area contributed by atoms with Crippen LogP contribution < -0.4 is 10.5 Å². The van der Waals surface area contributed by atoms with E-state index >= 15 is 0 Å². The van der Waals surface area contributed by atoms with Crippen LogP contribution in [0, 0.1) is 11.7 Å². The van der Waals surface area contributed by atoms with E-state index in [-0.39, 0.29) is 18.5 Å². The van der Waals surface area contributed by atoms with E-state index in [0.29, 0.717) is 0 Å². The number of nitrogens with two attached hydrogens (primary N) is 1. The highest BCUT2D eigenvalue weighted by atomic mass is 32.2. The molecule has 1 aromatic heterocycles. The van der Waals surface area contributed by atoms with Crippen LogP contribution in [0.25, 0.3) is 0 Å². The van der Waals surface area contributed by atoms with Gasteiger partial charge in [-0.3, -0.25) is 0 Å². The number of rotatable bonds is 4. The van der Waals surface area contributed by atoms with Crippen LogP contribution in [-0.2, 0) is 10.0 Å². The lowest BCUT2D eigenvalue weighted by Crippen LogP contribution is -2.36. The van der Waals surface area contributed by atoms with E-state index in [1.807, 2.05) is 0 Å². The lowest BCUT2D eigenvalue weighted by Gasteiger charge is -2.15. The minimum Gasteiger partial charge on any atom is -0.327 e. The van der Waals surface area contributed by atoms with E-state index in [0.717, 1.165) is 25.3 Å². The summed E-state index contributed by atoms with van der Waals surface area (Å²) in [5.41, 5.74) is 5.85. The molecule has 1 aliphatic rings. The highest BCUT2D eigenvalue weighted by molar-refractivity contribution is 7.89. The van der Waals surface area contributed by atoms with Crippen molar-refractivity contribution in [3.05, 3.63) is 24.1 Å². The quantitative estimate of drug-likeness (QED) is 0.842. The van der Waals surface area contributed by atoms with Gasteiger partial charge in [0.25, 0.3) is 10.0 Å². The Bertz CT molecular complexity index is 521. The van der Waals surface area contributed by atoms with Gasteiger partial charge in [0.15, 0.2) is 5.82 Å². The van der Waals surface area contributed by atoms with Crippen LogP contribution in [0.2, 0.25) is 0 Å². The van der Waals surface area contributed by atoms with E-state index < -0.39 is 20.9 Å². The van der Waals surface area contributed by atoms with Gasteiger partial charge in [0.05, 0.1) is 0 Å². The summed E-state index contributed by atoms with van der Waals surface area (Å²) in [7, 11) is -3.89. The van der Waals surface area contributed by atoms with Crippen molar-refractivity contribution in [3.8, 4) is 0 Å². The summed E-state index contributed by atoms with van der Waals surface area (Å²) in [5, 5.41) is -0.559. The number of aromatic nitrogens is 1. The fraction of sp³-hybridized carbons (Fsp3) is 0.545. The van der Waals surface area contributed by atoms with Crippen molar-refractivity contribution in [1.29, 1.82) is 0 Å². The Morgan fingerprint density at radius 3 is 2.89 bits per heavy atom. The zero-order valence-electron chi connectivity index (χ0n) is 9.84. The van der Waals surface area contributed by atoms with Crippen molar-refractivity contribution in [2.75, 3.05) is 6.54 Å². The average Bonchev–Trinajstić information content (AvgIpc) is 2.73. The van der Waals surface area contributed by atoms with Gasteiger partial charge in [0.2, 0.25) is 5.03 Å². The van der Waals surface area contributed by atoms with E-state index in [4.69, 9.17) is 5.73 Å². The second-order valence-electron chi connectivity index (χ2n) is 4.50. The highest BCUT2D eigenvalue weighted by Crippen LogP contribution is 2.23. The highest BCUT2D eigenvalue weighted by Gasteiger charge is 2.27. The van der Waals surface area contributed by atoms with E-state index in [1.165, 1.54) is 12.3 Å². The normalized spacial score (nSPS) is 24.3. The van der Waals surface area contributed by atoms with Gasteiger partial charge in [-0.05, 0) is 30.9 Å². The van der Waals surface area contributed by atoms with Crippen LogP contribution in [0.5, 0.6) is 0 Å². The molecule has 2 atom stereocenters. The SMILES string of the molecule is NC1CCCC1CNS(=O)(=O)c1ncccc1F. The van der Waals surface area contributed by atoms with Crippen molar-refractivity contribution >= 4 is 10.0 Å². The molecular weight excluding hydrogens is 257 g/mol. The maximum Gasteiger partial charge on any atom is 0.261 e.